The maximum Gasteiger partial charge on any atom is 0.250 e. The Balaban J connectivity index is 1.36. The minimum atomic E-state index is -1.05. The number of aryl methyl sites for hydroxylation is 2. The number of hydrogen-bond donors (Lipinski definition) is 3. The number of carbonyl (C=O) groups is 1. The fourth-order valence-electron chi connectivity index (χ4n) is 3.04. The van der Waals surface area contributed by atoms with Gasteiger partial charge in [0.1, 0.15) is 11.9 Å². The number of hydrogen-bond acceptors (Lipinski definition) is 4. The number of amides is 1. The second-order valence-electron chi connectivity index (χ2n) is 6.22. The lowest BCUT2D eigenvalue weighted by molar-refractivity contribution is -0.129. The summed E-state index contributed by atoms with van der Waals surface area (Å²) in [6.45, 7) is 1.34. The first-order valence-corrected chi connectivity index (χ1v) is 8.52. The third-order valence-electron chi connectivity index (χ3n) is 4.40. The first-order chi connectivity index (χ1) is 11.7. The maximum atomic E-state index is 12.0. The first-order valence-electron chi connectivity index (χ1n) is 8.52. The molecule has 5 heteroatoms. The van der Waals surface area contributed by atoms with E-state index in [1.807, 2.05) is 12.1 Å². The minimum Gasteiger partial charge on any atom is -0.469 e. The molecule has 2 aromatic rings. The summed E-state index contributed by atoms with van der Waals surface area (Å²) in [5.41, 5.74) is 3.90. The molecular weight excluding hydrogens is 304 g/mol. The van der Waals surface area contributed by atoms with E-state index in [1.165, 1.54) is 17.5 Å². The van der Waals surface area contributed by atoms with E-state index in [2.05, 4.69) is 28.8 Å². The number of fused-ring (bicyclic) bond motifs is 1. The van der Waals surface area contributed by atoms with Crippen LogP contribution in [0.1, 0.15) is 28.9 Å². The summed E-state index contributed by atoms with van der Waals surface area (Å²) in [6, 6.07) is 10.1. The zero-order valence-electron chi connectivity index (χ0n) is 13.8. The molecule has 0 spiro atoms. The van der Waals surface area contributed by atoms with Gasteiger partial charge in [-0.1, -0.05) is 18.2 Å². The number of furan rings is 1. The smallest absolute Gasteiger partial charge is 0.250 e. The Morgan fingerprint density at radius 3 is 2.96 bits per heavy atom. The molecule has 1 aliphatic carbocycles. The lowest BCUT2D eigenvalue weighted by Crippen LogP contribution is -2.41. The van der Waals surface area contributed by atoms with Crippen molar-refractivity contribution in [2.75, 3.05) is 13.1 Å². The highest BCUT2D eigenvalue weighted by molar-refractivity contribution is 5.80. The summed E-state index contributed by atoms with van der Waals surface area (Å²) >= 11 is 0. The van der Waals surface area contributed by atoms with Crippen LogP contribution in [0.2, 0.25) is 0 Å². The van der Waals surface area contributed by atoms with Crippen molar-refractivity contribution < 1.29 is 14.3 Å². The number of aliphatic hydroxyl groups is 1. The van der Waals surface area contributed by atoms with E-state index in [9.17, 15) is 9.90 Å². The van der Waals surface area contributed by atoms with Crippen LogP contribution in [0.5, 0.6) is 0 Å². The highest BCUT2D eigenvalue weighted by atomic mass is 16.3. The summed E-state index contributed by atoms with van der Waals surface area (Å²) in [5.74, 6) is 0.541. The van der Waals surface area contributed by atoms with Gasteiger partial charge in [0.25, 0.3) is 0 Å². The standard InChI is InChI=1S/C19H24N2O3/c22-18(13-20-9-8-17-5-2-10-24-17)19(23)21-12-14-6-7-15-3-1-4-16(15)11-14/h2,5-7,10-11,18,20,22H,1,3-4,8-9,12-13H2,(H,21,23). The lowest BCUT2D eigenvalue weighted by Gasteiger charge is -2.13. The van der Waals surface area contributed by atoms with Crippen molar-refractivity contribution >= 4 is 5.91 Å². The Kier molecular flexibility index (Phi) is 5.67. The Morgan fingerprint density at radius 2 is 2.12 bits per heavy atom. The fraction of sp³-hybridized carbons (Fsp3) is 0.421. The Labute approximate surface area is 142 Å². The largest absolute Gasteiger partial charge is 0.469 e. The highest BCUT2D eigenvalue weighted by Gasteiger charge is 2.15. The summed E-state index contributed by atoms with van der Waals surface area (Å²) in [7, 11) is 0. The van der Waals surface area contributed by atoms with Crippen LogP contribution in [-0.2, 0) is 30.6 Å². The molecule has 5 nitrogen and oxygen atoms in total. The molecule has 1 amide bonds. The van der Waals surface area contributed by atoms with Crippen LogP contribution in [0.3, 0.4) is 0 Å². The SMILES string of the molecule is O=C(NCc1ccc2c(c1)CCC2)C(O)CNCCc1ccco1. The van der Waals surface area contributed by atoms with Gasteiger partial charge in [-0.3, -0.25) is 4.79 Å². The predicted molar refractivity (Wildman–Crippen MR) is 91.6 cm³/mol. The topological polar surface area (TPSA) is 74.5 Å². The second kappa shape index (κ2) is 8.13. The van der Waals surface area contributed by atoms with Crippen LogP contribution < -0.4 is 10.6 Å². The number of nitrogens with one attached hydrogen (secondary N) is 2. The molecule has 0 saturated heterocycles. The van der Waals surface area contributed by atoms with Gasteiger partial charge in [-0.15, -0.1) is 0 Å². The molecule has 3 rings (SSSR count). The molecule has 0 radical (unpaired) electrons. The fourth-order valence-corrected chi connectivity index (χ4v) is 3.04. The summed E-state index contributed by atoms with van der Waals surface area (Å²) < 4.78 is 5.23. The third kappa shape index (κ3) is 4.46. The van der Waals surface area contributed by atoms with Gasteiger partial charge in [-0.05, 0) is 48.1 Å². The molecule has 1 atom stereocenters. The average Bonchev–Trinajstić information content (AvgIpc) is 3.27. The molecule has 1 aromatic heterocycles. The average molecular weight is 328 g/mol. The van der Waals surface area contributed by atoms with Crippen LogP contribution in [0.25, 0.3) is 0 Å². The van der Waals surface area contributed by atoms with Crippen molar-refractivity contribution in [3.8, 4) is 0 Å². The van der Waals surface area contributed by atoms with Crippen LogP contribution in [0.4, 0.5) is 0 Å². The molecule has 0 fully saturated rings. The number of rotatable bonds is 8. The predicted octanol–water partition coefficient (Wildman–Crippen LogP) is 1.58. The number of carbonyl (C=O) groups excluding carboxylic acids is 1. The molecule has 0 bridgehead atoms. The van der Waals surface area contributed by atoms with Gasteiger partial charge in [-0.2, -0.15) is 0 Å². The second-order valence-corrected chi connectivity index (χ2v) is 6.22. The molecule has 1 aromatic carbocycles. The van der Waals surface area contributed by atoms with Gasteiger partial charge in [0.2, 0.25) is 5.91 Å². The molecule has 1 heterocycles. The molecule has 1 aliphatic rings. The van der Waals surface area contributed by atoms with E-state index in [0.717, 1.165) is 30.6 Å². The Bertz CT molecular complexity index is 667. The normalized spacial score (nSPS) is 14.4. The molecule has 1 unspecified atom stereocenters. The number of aliphatic hydroxyl groups excluding tert-OH is 1. The summed E-state index contributed by atoms with van der Waals surface area (Å²) in [4.78, 5) is 12.0. The van der Waals surface area contributed by atoms with Crippen molar-refractivity contribution in [2.45, 2.75) is 38.3 Å². The number of benzene rings is 1. The van der Waals surface area contributed by atoms with Crippen LogP contribution in [0.15, 0.2) is 41.0 Å². The van der Waals surface area contributed by atoms with Gasteiger partial charge >= 0.3 is 0 Å². The van der Waals surface area contributed by atoms with E-state index >= 15 is 0 Å². The third-order valence-corrected chi connectivity index (χ3v) is 4.40. The van der Waals surface area contributed by atoms with Gasteiger partial charge in [0.05, 0.1) is 6.26 Å². The Morgan fingerprint density at radius 1 is 1.25 bits per heavy atom. The summed E-state index contributed by atoms with van der Waals surface area (Å²) in [5, 5.41) is 15.8. The van der Waals surface area contributed by atoms with E-state index < -0.39 is 6.10 Å². The lowest BCUT2D eigenvalue weighted by atomic mass is 10.1. The van der Waals surface area contributed by atoms with E-state index in [1.54, 1.807) is 6.26 Å². The van der Waals surface area contributed by atoms with Gasteiger partial charge in [0, 0.05) is 26.1 Å². The van der Waals surface area contributed by atoms with Gasteiger partial charge in [0.15, 0.2) is 0 Å². The van der Waals surface area contributed by atoms with Crippen LogP contribution in [-0.4, -0.2) is 30.2 Å². The molecule has 3 N–H and O–H groups in total. The quantitative estimate of drug-likeness (QED) is 0.643. The van der Waals surface area contributed by atoms with Crippen molar-refractivity contribution in [1.29, 1.82) is 0 Å². The van der Waals surface area contributed by atoms with Crippen molar-refractivity contribution in [2.24, 2.45) is 0 Å². The van der Waals surface area contributed by atoms with E-state index in [-0.39, 0.29) is 12.5 Å². The van der Waals surface area contributed by atoms with Gasteiger partial charge < -0.3 is 20.2 Å². The zero-order valence-corrected chi connectivity index (χ0v) is 13.8. The molecule has 0 aliphatic heterocycles. The molecule has 128 valence electrons. The minimum absolute atomic E-state index is 0.233. The summed E-state index contributed by atoms with van der Waals surface area (Å²) in [6.07, 6.45) is 4.82. The van der Waals surface area contributed by atoms with Gasteiger partial charge in [-0.25, -0.2) is 0 Å². The molecular formula is C19H24N2O3. The van der Waals surface area contributed by atoms with E-state index in [0.29, 0.717) is 13.1 Å². The van der Waals surface area contributed by atoms with E-state index in [4.69, 9.17) is 4.42 Å². The zero-order chi connectivity index (χ0) is 16.8. The van der Waals surface area contributed by atoms with Crippen molar-refractivity contribution in [3.63, 3.8) is 0 Å². The monoisotopic (exact) mass is 328 g/mol. The Hall–Kier alpha value is -2.11. The first kappa shape index (κ1) is 16.7. The van der Waals surface area contributed by atoms with Crippen molar-refractivity contribution in [3.05, 3.63) is 59.0 Å². The maximum absolute atomic E-state index is 12.0. The van der Waals surface area contributed by atoms with Crippen LogP contribution in [0, 0.1) is 0 Å². The highest BCUT2D eigenvalue weighted by Crippen LogP contribution is 2.22. The van der Waals surface area contributed by atoms with Crippen molar-refractivity contribution in [1.82, 2.24) is 10.6 Å². The van der Waals surface area contributed by atoms with Crippen LogP contribution >= 0.6 is 0 Å². The molecule has 24 heavy (non-hydrogen) atoms. The molecule has 0 saturated carbocycles.